The van der Waals surface area contributed by atoms with Gasteiger partial charge in [0.15, 0.2) is 0 Å². The molecule has 0 heterocycles. The van der Waals surface area contributed by atoms with Crippen molar-refractivity contribution in [1.82, 2.24) is 0 Å². The summed E-state index contributed by atoms with van der Waals surface area (Å²) in [6, 6.07) is 2.27. The average molecular weight is 326 g/mol. The molecule has 1 rings (SSSR count). The predicted octanol–water partition coefficient (Wildman–Crippen LogP) is 3.06. The van der Waals surface area contributed by atoms with E-state index >= 15 is 0 Å². The Kier molecular flexibility index (Phi) is 5.13. The number of halogens is 2. The van der Waals surface area contributed by atoms with E-state index in [9.17, 15) is 8.96 Å². The molecule has 2 N–H and O–H groups in total. The van der Waals surface area contributed by atoms with Crippen LogP contribution in [-0.2, 0) is 13.6 Å². The zero-order chi connectivity index (χ0) is 13.1. The second kappa shape index (κ2) is 5.96. The Labute approximate surface area is 108 Å². The molecule has 0 bridgehead atoms. The van der Waals surface area contributed by atoms with Gasteiger partial charge in [-0.1, -0.05) is 0 Å². The molecule has 0 amide bonds. The maximum Gasteiger partial charge on any atom is 0.363 e. The van der Waals surface area contributed by atoms with Gasteiger partial charge < -0.3 is 14.8 Å². The van der Waals surface area contributed by atoms with E-state index in [0.29, 0.717) is 4.47 Å². The third kappa shape index (κ3) is 3.28. The molecule has 0 fully saturated rings. The number of benzene rings is 1. The minimum Gasteiger partial charge on any atom is -0.397 e. The van der Waals surface area contributed by atoms with Crippen LogP contribution in [0, 0.1) is 5.82 Å². The van der Waals surface area contributed by atoms with Crippen LogP contribution in [0.15, 0.2) is 16.6 Å². The molecule has 1 aromatic carbocycles. The first-order valence-electron chi connectivity index (χ1n) is 5.08. The zero-order valence-electron chi connectivity index (χ0n) is 9.57. The van der Waals surface area contributed by atoms with Crippen LogP contribution in [0.1, 0.15) is 13.8 Å². The Bertz CT molecular complexity index is 445. The standard InChI is InChI=1S/C10H14BrFNO3P/c1-3-15-17(14,16-4-2)9-6-7(12)5-8(11)10(9)13/h5-6H,3-4,13H2,1-2H3. The first kappa shape index (κ1) is 14.6. The minimum atomic E-state index is -3.56. The average Bonchev–Trinajstić information content (AvgIpc) is 2.24. The molecule has 96 valence electrons. The third-order valence-corrected chi connectivity index (χ3v) is 4.78. The third-order valence-electron chi connectivity index (χ3n) is 1.97. The second-order valence-corrected chi connectivity index (χ2v) is 6.00. The van der Waals surface area contributed by atoms with Gasteiger partial charge in [-0.2, -0.15) is 0 Å². The van der Waals surface area contributed by atoms with Crippen LogP contribution in [0.4, 0.5) is 10.1 Å². The van der Waals surface area contributed by atoms with Crippen LogP contribution in [0.2, 0.25) is 0 Å². The summed E-state index contributed by atoms with van der Waals surface area (Å²) in [5, 5.41) is 0.0491. The number of anilines is 1. The fourth-order valence-electron chi connectivity index (χ4n) is 1.31. The maximum atomic E-state index is 13.3. The van der Waals surface area contributed by atoms with Gasteiger partial charge in [-0.15, -0.1) is 0 Å². The van der Waals surface area contributed by atoms with Crippen LogP contribution in [0.5, 0.6) is 0 Å². The van der Waals surface area contributed by atoms with E-state index in [2.05, 4.69) is 15.9 Å². The number of hydrogen-bond donors (Lipinski definition) is 1. The van der Waals surface area contributed by atoms with Crippen molar-refractivity contribution in [3.8, 4) is 0 Å². The predicted molar refractivity (Wildman–Crippen MR) is 69.0 cm³/mol. The van der Waals surface area contributed by atoms with Gasteiger partial charge in [0.1, 0.15) is 5.82 Å². The second-order valence-electron chi connectivity index (χ2n) is 3.15. The largest absolute Gasteiger partial charge is 0.397 e. The summed E-state index contributed by atoms with van der Waals surface area (Å²) in [7, 11) is -3.56. The van der Waals surface area contributed by atoms with Gasteiger partial charge in [-0.25, -0.2) is 4.39 Å². The van der Waals surface area contributed by atoms with Gasteiger partial charge in [0.05, 0.1) is 24.2 Å². The Balaban J connectivity index is 3.32. The number of rotatable bonds is 5. The summed E-state index contributed by atoms with van der Waals surface area (Å²) in [6.45, 7) is 3.72. The molecule has 0 radical (unpaired) electrons. The molecular formula is C10H14BrFNO3P. The molecular weight excluding hydrogens is 312 g/mol. The van der Waals surface area contributed by atoms with Crippen molar-refractivity contribution in [2.45, 2.75) is 13.8 Å². The van der Waals surface area contributed by atoms with E-state index in [1.54, 1.807) is 13.8 Å². The molecule has 0 unspecified atom stereocenters. The van der Waals surface area contributed by atoms with Crippen molar-refractivity contribution in [2.24, 2.45) is 0 Å². The van der Waals surface area contributed by atoms with E-state index in [1.807, 2.05) is 0 Å². The molecule has 7 heteroatoms. The minimum absolute atomic E-state index is 0.0491. The molecule has 0 aliphatic rings. The first-order chi connectivity index (χ1) is 7.94. The van der Waals surface area contributed by atoms with Gasteiger partial charge in [0.25, 0.3) is 0 Å². The fraction of sp³-hybridized carbons (Fsp3) is 0.400. The van der Waals surface area contributed by atoms with Gasteiger partial charge >= 0.3 is 7.60 Å². The Morgan fingerprint density at radius 1 is 1.35 bits per heavy atom. The molecule has 0 saturated heterocycles. The molecule has 1 aromatic rings. The van der Waals surface area contributed by atoms with Crippen molar-refractivity contribution >= 4 is 34.5 Å². The SMILES string of the molecule is CCOP(=O)(OCC)c1cc(F)cc(Br)c1N. The Morgan fingerprint density at radius 3 is 2.35 bits per heavy atom. The van der Waals surface area contributed by atoms with E-state index < -0.39 is 13.4 Å². The van der Waals surface area contributed by atoms with Gasteiger partial charge in [0.2, 0.25) is 0 Å². The number of nitrogens with two attached hydrogens (primary N) is 1. The van der Waals surface area contributed by atoms with Gasteiger partial charge in [0, 0.05) is 4.47 Å². The lowest BCUT2D eigenvalue weighted by molar-refractivity contribution is 0.230. The zero-order valence-corrected chi connectivity index (χ0v) is 12.1. The van der Waals surface area contributed by atoms with Crippen LogP contribution in [0.3, 0.4) is 0 Å². The lowest BCUT2D eigenvalue weighted by Crippen LogP contribution is -2.16. The first-order valence-corrected chi connectivity index (χ1v) is 7.42. The van der Waals surface area contributed by atoms with E-state index in [1.165, 1.54) is 6.07 Å². The lowest BCUT2D eigenvalue weighted by Gasteiger charge is -2.19. The fourth-order valence-corrected chi connectivity index (χ4v) is 3.63. The molecule has 17 heavy (non-hydrogen) atoms. The lowest BCUT2D eigenvalue weighted by atomic mass is 10.3. The van der Waals surface area contributed by atoms with Gasteiger partial charge in [-0.05, 0) is 41.9 Å². The molecule has 0 aromatic heterocycles. The Hall–Kier alpha value is -0.420. The van der Waals surface area contributed by atoms with Crippen molar-refractivity contribution in [3.63, 3.8) is 0 Å². The summed E-state index contributed by atoms with van der Waals surface area (Å²) < 4.78 is 36.3. The molecule has 0 atom stereocenters. The smallest absolute Gasteiger partial charge is 0.363 e. The van der Waals surface area contributed by atoms with Crippen molar-refractivity contribution in [1.29, 1.82) is 0 Å². The van der Waals surface area contributed by atoms with Gasteiger partial charge in [-0.3, -0.25) is 4.57 Å². The highest BCUT2D eigenvalue weighted by Crippen LogP contribution is 2.49. The quantitative estimate of drug-likeness (QED) is 0.667. The van der Waals surface area contributed by atoms with E-state index in [0.717, 1.165) is 6.07 Å². The van der Waals surface area contributed by atoms with E-state index in [-0.39, 0.29) is 24.2 Å². The highest BCUT2D eigenvalue weighted by molar-refractivity contribution is 9.10. The number of hydrogen-bond acceptors (Lipinski definition) is 4. The number of nitrogen functional groups attached to an aromatic ring is 1. The summed E-state index contributed by atoms with van der Waals surface area (Å²) in [5.41, 5.74) is 5.92. The summed E-state index contributed by atoms with van der Waals surface area (Å²) >= 11 is 3.09. The molecule has 0 spiro atoms. The van der Waals surface area contributed by atoms with Crippen LogP contribution in [-0.4, -0.2) is 13.2 Å². The summed E-state index contributed by atoms with van der Waals surface area (Å²) in [5.74, 6) is -0.555. The van der Waals surface area contributed by atoms with Crippen molar-refractivity contribution in [3.05, 3.63) is 22.4 Å². The molecule has 4 nitrogen and oxygen atoms in total. The highest BCUT2D eigenvalue weighted by atomic mass is 79.9. The van der Waals surface area contributed by atoms with Crippen LogP contribution < -0.4 is 11.0 Å². The van der Waals surface area contributed by atoms with Crippen LogP contribution >= 0.6 is 23.5 Å². The van der Waals surface area contributed by atoms with Crippen molar-refractivity contribution in [2.75, 3.05) is 18.9 Å². The molecule has 0 saturated carbocycles. The summed E-state index contributed by atoms with van der Waals surface area (Å²) in [6.07, 6.45) is 0. The topological polar surface area (TPSA) is 61.5 Å². The molecule has 0 aliphatic heterocycles. The van der Waals surface area contributed by atoms with E-state index in [4.69, 9.17) is 14.8 Å². The monoisotopic (exact) mass is 325 g/mol. The maximum absolute atomic E-state index is 13.3. The summed E-state index contributed by atoms with van der Waals surface area (Å²) in [4.78, 5) is 0. The Morgan fingerprint density at radius 2 is 1.88 bits per heavy atom. The normalized spacial score (nSPS) is 11.8. The van der Waals surface area contributed by atoms with Crippen LogP contribution in [0.25, 0.3) is 0 Å². The highest BCUT2D eigenvalue weighted by Gasteiger charge is 2.30. The van der Waals surface area contributed by atoms with Crippen molar-refractivity contribution < 1.29 is 18.0 Å². The molecule has 0 aliphatic carbocycles.